The molecule has 3 aliphatic carbocycles. The Morgan fingerprint density at radius 3 is 2.78 bits per heavy atom. The first-order valence-electron chi connectivity index (χ1n) is 11.6. The summed E-state index contributed by atoms with van der Waals surface area (Å²) >= 11 is 0. The number of aromatic amines is 1. The molecule has 0 saturated heterocycles. The van der Waals surface area contributed by atoms with Crippen molar-refractivity contribution in [1.82, 2.24) is 4.98 Å². The van der Waals surface area contributed by atoms with Crippen molar-refractivity contribution in [2.45, 2.75) is 69.9 Å². The van der Waals surface area contributed by atoms with Crippen LogP contribution in [-0.4, -0.2) is 44.6 Å². The predicted molar refractivity (Wildman–Crippen MR) is 114 cm³/mol. The quantitative estimate of drug-likeness (QED) is 0.402. The molecular weight excluding hydrogens is 414 g/mol. The first-order chi connectivity index (χ1) is 15.2. The maximum atomic E-state index is 13.4. The number of esters is 1. The highest BCUT2D eigenvalue weighted by Crippen LogP contribution is 2.50. The van der Waals surface area contributed by atoms with Crippen LogP contribution in [0.15, 0.2) is 23.1 Å². The van der Waals surface area contributed by atoms with Crippen LogP contribution < -0.4 is 15.0 Å². The van der Waals surface area contributed by atoms with Crippen LogP contribution in [0.25, 0.3) is 0 Å². The van der Waals surface area contributed by atoms with Crippen LogP contribution in [0.5, 0.6) is 11.5 Å². The van der Waals surface area contributed by atoms with Crippen molar-refractivity contribution in [1.29, 1.82) is 0 Å². The number of hydrogen-bond acceptors (Lipinski definition) is 7. The molecule has 0 amide bonds. The molecule has 1 aliphatic heterocycles. The second-order valence-corrected chi connectivity index (χ2v) is 10.2. The molecule has 8 nitrogen and oxygen atoms in total. The summed E-state index contributed by atoms with van der Waals surface area (Å²) in [6, 6.07) is 0. The van der Waals surface area contributed by atoms with Gasteiger partial charge in [0.05, 0.1) is 12.0 Å². The molecule has 2 fully saturated rings. The molecule has 0 aromatic carbocycles. The number of ether oxygens (including phenoxy) is 2. The van der Waals surface area contributed by atoms with Gasteiger partial charge in [0.25, 0.3) is 5.56 Å². The smallest absolute Gasteiger partial charge is 0.315 e. The van der Waals surface area contributed by atoms with Crippen molar-refractivity contribution in [3.05, 3.63) is 34.3 Å². The van der Waals surface area contributed by atoms with Crippen molar-refractivity contribution >= 4 is 5.97 Å². The molecule has 1 aromatic rings. The molecular formula is C24H31NO7. The Morgan fingerprint density at radius 1 is 1.22 bits per heavy atom. The number of carbonyl (C=O) groups excluding carboxylic acids is 1. The monoisotopic (exact) mass is 445 g/mol. The Balaban J connectivity index is 1.49. The number of fused-ring (bicyclic) bond motifs is 5. The van der Waals surface area contributed by atoms with Crippen LogP contribution in [0.4, 0.5) is 0 Å². The fourth-order valence-corrected chi connectivity index (χ4v) is 6.26. The van der Waals surface area contributed by atoms with E-state index in [1.54, 1.807) is 0 Å². The zero-order chi connectivity index (χ0) is 22.8. The number of aliphatic hydroxyl groups is 3. The third kappa shape index (κ3) is 3.23. The van der Waals surface area contributed by atoms with Crippen LogP contribution in [0.3, 0.4) is 0 Å². The van der Waals surface area contributed by atoms with E-state index < -0.39 is 35.4 Å². The van der Waals surface area contributed by atoms with Gasteiger partial charge in [-0.05, 0) is 49.4 Å². The van der Waals surface area contributed by atoms with Crippen LogP contribution in [0, 0.1) is 29.6 Å². The Bertz CT molecular complexity index is 1000. The first kappa shape index (κ1) is 21.7. The minimum Gasteiger partial charge on any atom is -0.480 e. The summed E-state index contributed by atoms with van der Waals surface area (Å²) < 4.78 is 11.5. The van der Waals surface area contributed by atoms with E-state index in [1.807, 2.05) is 6.92 Å². The SMILES string of the molecule is C[C@@H]1CC[C@H]2[C@H](C(=O)Oc3c4c(c[nH]c3=O)[C@]3(O)CC[C@H](O)[C@H](O4)[C@@H]3O)[C@H](C)C=C[C@@H]2C1. The molecule has 2 saturated carbocycles. The molecule has 2 heterocycles. The molecule has 1 aromatic heterocycles. The Morgan fingerprint density at radius 2 is 2.00 bits per heavy atom. The summed E-state index contributed by atoms with van der Waals surface area (Å²) in [5.41, 5.74) is -2.19. The van der Waals surface area contributed by atoms with Gasteiger partial charge in [-0.1, -0.05) is 32.4 Å². The summed E-state index contributed by atoms with van der Waals surface area (Å²) in [6.07, 6.45) is 5.44. The van der Waals surface area contributed by atoms with Gasteiger partial charge in [0.2, 0.25) is 5.75 Å². The van der Waals surface area contributed by atoms with Crippen LogP contribution >= 0.6 is 0 Å². The summed E-state index contributed by atoms with van der Waals surface area (Å²) in [7, 11) is 0. The summed E-state index contributed by atoms with van der Waals surface area (Å²) in [6.45, 7) is 4.21. The van der Waals surface area contributed by atoms with Crippen LogP contribution in [0.2, 0.25) is 0 Å². The molecule has 0 radical (unpaired) electrons. The second-order valence-electron chi connectivity index (χ2n) is 10.2. The maximum Gasteiger partial charge on any atom is 0.315 e. The zero-order valence-electron chi connectivity index (χ0n) is 18.4. The van der Waals surface area contributed by atoms with Gasteiger partial charge in [-0.25, -0.2) is 0 Å². The van der Waals surface area contributed by atoms with Crippen molar-refractivity contribution < 1.29 is 29.6 Å². The van der Waals surface area contributed by atoms with E-state index in [9.17, 15) is 24.9 Å². The fourth-order valence-electron chi connectivity index (χ4n) is 6.26. The molecule has 4 aliphatic rings. The summed E-state index contributed by atoms with van der Waals surface area (Å²) in [5.74, 6) is -0.202. The lowest BCUT2D eigenvalue weighted by molar-refractivity contribution is -0.198. The highest BCUT2D eigenvalue weighted by Gasteiger charge is 2.55. The molecule has 174 valence electrons. The standard InChI is InChI=1S/C24H31NO7/c1-11-3-6-14-13(9-11)5-4-12(2)17(14)23(29)32-20-18-15(10-25-22(20)28)24(30)8-7-16(26)19(31-18)21(24)27/h4-5,10-14,16-17,19,21,26-27,30H,3,6-9H2,1-2H3,(H,25,28)/t11-,12-,13-,14-,16+,17-,19+,21+,24-/m1/s1. The number of pyridine rings is 1. The van der Waals surface area contributed by atoms with Crippen molar-refractivity contribution in [3.8, 4) is 11.5 Å². The summed E-state index contributed by atoms with van der Waals surface area (Å²) in [5, 5.41) is 32.0. The van der Waals surface area contributed by atoms with Crippen molar-refractivity contribution in [3.63, 3.8) is 0 Å². The zero-order valence-corrected chi connectivity index (χ0v) is 18.4. The van der Waals surface area contributed by atoms with E-state index in [-0.39, 0.29) is 47.7 Å². The highest BCUT2D eigenvalue weighted by atomic mass is 16.6. The molecule has 8 heteroatoms. The third-order valence-electron chi connectivity index (χ3n) is 8.11. The Hall–Kier alpha value is -2.16. The minimum absolute atomic E-state index is 0.0242. The van der Waals surface area contributed by atoms with E-state index in [0.717, 1.165) is 19.3 Å². The van der Waals surface area contributed by atoms with Crippen molar-refractivity contribution in [2.75, 3.05) is 0 Å². The Kier molecular flexibility index (Phi) is 5.22. The highest BCUT2D eigenvalue weighted by molar-refractivity contribution is 5.77. The van der Waals surface area contributed by atoms with E-state index in [0.29, 0.717) is 11.8 Å². The van der Waals surface area contributed by atoms with Crippen LogP contribution in [-0.2, 0) is 10.4 Å². The minimum atomic E-state index is -1.70. The van der Waals surface area contributed by atoms with E-state index in [2.05, 4.69) is 24.1 Å². The average molecular weight is 446 g/mol. The largest absolute Gasteiger partial charge is 0.480 e. The lowest BCUT2D eigenvalue weighted by atomic mass is 9.63. The average Bonchev–Trinajstić information content (AvgIpc) is 2.75. The molecule has 4 N–H and O–H groups in total. The van der Waals surface area contributed by atoms with E-state index >= 15 is 0 Å². The van der Waals surface area contributed by atoms with E-state index in [4.69, 9.17) is 9.47 Å². The number of nitrogens with one attached hydrogen (secondary N) is 1. The molecule has 0 spiro atoms. The van der Waals surface area contributed by atoms with Crippen molar-refractivity contribution in [2.24, 2.45) is 29.6 Å². The topological polar surface area (TPSA) is 129 Å². The number of aromatic nitrogens is 1. The predicted octanol–water partition coefficient (Wildman–Crippen LogP) is 1.62. The lowest BCUT2D eigenvalue weighted by Gasteiger charge is -2.48. The fraction of sp³-hybridized carbons (Fsp3) is 0.667. The molecule has 9 atom stereocenters. The van der Waals surface area contributed by atoms with Gasteiger partial charge >= 0.3 is 5.97 Å². The third-order valence-corrected chi connectivity index (χ3v) is 8.11. The number of aliphatic hydroxyl groups excluding tert-OH is 2. The maximum absolute atomic E-state index is 13.4. The lowest BCUT2D eigenvalue weighted by Crippen LogP contribution is -2.60. The van der Waals surface area contributed by atoms with Gasteiger partial charge in [-0.2, -0.15) is 0 Å². The first-order valence-corrected chi connectivity index (χ1v) is 11.6. The Labute approximate surface area is 186 Å². The van der Waals surface area contributed by atoms with Gasteiger partial charge in [-0.15, -0.1) is 0 Å². The number of rotatable bonds is 2. The number of H-pyrrole nitrogens is 1. The van der Waals surface area contributed by atoms with Crippen LogP contribution in [0.1, 0.15) is 51.5 Å². The second kappa shape index (κ2) is 7.71. The number of allylic oxidation sites excluding steroid dienone is 2. The molecule has 32 heavy (non-hydrogen) atoms. The van der Waals surface area contributed by atoms with Gasteiger partial charge in [0, 0.05) is 11.8 Å². The van der Waals surface area contributed by atoms with Gasteiger partial charge < -0.3 is 29.8 Å². The molecule has 2 bridgehead atoms. The van der Waals surface area contributed by atoms with E-state index in [1.165, 1.54) is 6.20 Å². The number of hydrogen-bond donors (Lipinski definition) is 4. The summed E-state index contributed by atoms with van der Waals surface area (Å²) in [4.78, 5) is 28.6. The molecule has 0 unspecified atom stereocenters. The normalized spacial score (nSPS) is 42.4. The van der Waals surface area contributed by atoms with Gasteiger partial charge in [0.15, 0.2) is 11.9 Å². The number of carbonyl (C=O) groups is 1. The van der Waals surface area contributed by atoms with Gasteiger partial charge in [-0.3, -0.25) is 9.59 Å². The molecule has 5 rings (SSSR count). The van der Waals surface area contributed by atoms with Gasteiger partial charge in [0.1, 0.15) is 11.7 Å².